The van der Waals surface area contributed by atoms with Gasteiger partial charge in [0.25, 0.3) is 0 Å². The first-order chi connectivity index (χ1) is 10.1. The van der Waals surface area contributed by atoms with Crippen molar-refractivity contribution in [2.24, 2.45) is 9.98 Å². The number of aliphatic imine (C=N–C) groups is 2. The van der Waals surface area contributed by atoms with Gasteiger partial charge < -0.3 is 4.90 Å². The fourth-order valence-corrected chi connectivity index (χ4v) is 2.26. The molecule has 0 bridgehead atoms. The summed E-state index contributed by atoms with van der Waals surface area (Å²) in [6.07, 6.45) is 1.97. The molecule has 1 unspecified atom stereocenters. The molecule has 0 aromatic heterocycles. The summed E-state index contributed by atoms with van der Waals surface area (Å²) in [7, 11) is 3.95. The molecule has 1 heterocycles. The van der Waals surface area contributed by atoms with Crippen molar-refractivity contribution in [1.29, 1.82) is 0 Å². The van der Waals surface area contributed by atoms with Crippen molar-refractivity contribution in [1.82, 2.24) is 4.90 Å². The van der Waals surface area contributed by atoms with Crippen LogP contribution in [0.5, 0.6) is 0 Å². The molecule has 0 N–H and O–H groups in total. The Kier molecular flexibility index (Phi) is 11.6. The summed E-state index contributed by atoms with van der Waals surface area (Å²) >= 11 is 0. The first-order valence-electron chi connectivity index (χ1n) is 7.76. The average Bonchev–Trinajstić information content (AvgIpc) is 2.53. The molecule has 0 aliphatic carbocycles. The van der Waals surface area contributed by atoms with Crippen LogP contribution in [0.2, 0.25) is 0 Å². The molecular weight excluding hydrogens is 431 g/mol. The second-order valence-corrected chi connectivity index (χ2v) is 5.11. The SMILES string of the molecule is CC.CN=C(C)c1ccccc1N=C1C[CH-]N(C)C(C)C1.[Yb]. The van der Waals surface area contributed by atoms with Gasteiger partial charge in [-0.1, -0.05) is 39.0 Å². The topological polar surface area (TPSA) is 28.0 Å². The van der Waals surface area contributed by atoms with Crippen LogP contribution in [0.3, 0.4) is 0 Å². The second kappa shape index (κ2) is 11.6. The summed E-state index contributed by atoms with van der Waals surface area (Å²) in [6, 6.07) is 8.76. The Bertz CT molecular complexity index is 509. The van der Waals surface area contributed by atoms with Crippen molar-refractivity contribution in [2.45, 2.75) is 46.6 Å². The maximum atomic E-state index is 4.85. The Hall–Kier alpha value is 0.0395. The van der Waals surface area contributed by atoms with E-state index in [-0.39, 0.29) is 46.9 Å². The third-order valence-electron chi connectivity index (χ3n) is 3.75. The summed E-state index contributed by atoms with van der Waals surface area (Å²) in [5.74, 6) is 0. The fourth-order valence-electron chi connectivity index (χ4n) is 2.26. The number of para-hydroxylation sites is 1. The van der Waals surface area contributed by atoms with Gasteiger partial charge in [-0.3, -0.25) is 16.5 Å². The molecule has 0 spiro atoms. The normalized spacial score (nSPS) is 20.9. The van der Waals surface area contributed by atoms with E-state index >= 15 is 0 Å². The smallest absolute Gasteiger partial charge is 0.0718 e. The third kappa shape index (κ3) is 6.27. The van der Waals surface area contributed by atoms with Crippen LogP contribution in [-0.4, -0.2) is 36.5 Å². The van der Waals surface area contributed by atoms with Crippen LogP contribution < -0.4 is 0 Å². The van der Waals surface area contributed by atoms with Gasteiger partial charge in [0.1, 0.15) is 0 Å². The molecule has 2 rings (SSSR count). The van der Waals surface area contributed by atoms with E-state index in [1.807, 2.05) is 40.0 Å². The molecular formula is C18H28N3Yb-. The van der Waals surface area contributed by atoms with Gasteiger partial charge in [0.15, 0.2) is 0 Å². The van der Waals surface area contributed by atoms with Crippen LogP contribution >= 0.6 is 0 Å². The Morgan fingerprint density at radius 1 is 1.27 bits per heavy atom. The second-order valence-electron chi connectivity index (χ2n) is 5.11. The summed E-state index contributed by atoms with van der Waals surface area (Å²) in [5.41, 5.74) is 4.45. The van der Waals surface area contributed by atoms with Crippen LogP contribution in [0, 0.1) is 53.5 Å². The van der Waals surface area contributed by atoms with Crippen LogP contribution in [0.1, 0.15) is 46.1 Å². The molecule has 0 radical (unpaired) electrons. The van der Waals surface area contributed by atoms with Crippen molar-refractivity contribution in [3.05, 3.63) is 36.4 Å². The molecule has 0 saturated carbocycles. The minimum atomic E-state index is 0. The van der Waals surface area contributed by atoms with E-state index in [0.717, 1.165) is 29.8 Å². The number of rotatable bonds is 2. The summed E-state index contributed by atoms with van der Waals surface area (Å²) in [4.78, 5) is 11.4. The predicted octanol–water partition coefficient (Wildman–Crippen LogP) is 4.50. The molecule has 1 aromatic rings. The van der Waals surface area contributed by atoms with Gasteiger partial charge in [-0.05, 0) is 38.2 Å². The first-order valence-corrected chi connectivity index (χ1v) is 7.76. The van der Waals surface area contributed by atoms with Gasteiger partial charge in [-0.25, -0.2) is 0 Å². The van der Waals surface area contributed by atoms with Crippen LogP contribution in [-0.2, 0) is 0 Å². The molecule has 1 fully saturated rings. The van der Waals surface area contributed by atoms with Crippen LogP contribution in [0.25, 0.3) is 0 Å². The molecule has 0 amide bonds. The van der Waals surface area contributed by atoms with E-state index in [1.54, 1.807) is 0 Å². The van der Waals surface area contributed by atoms with Crippen molar-refractivity contribution >= 4 is 17.1 Å². The van der Waals surface area contributed by atoms with Crippen molar-refractivity contribution < 1.29 is 46.9 Å². The summed E-state index contributed by atoms with van der Waals surface area (Å²) < 4.78 is 0. The summed E-state index contributed by atoms with van der Waals surface area (Å²) in [6.45, 7) is 10.5. The quantitative estimate of drug-likeness (QED) is 0.473. The molecule has 4 heteroatoms. The van der Waals surface area contributed by atoms with E-state index in [2.05, 4.69) is 42.5 Å². The third-order valence-corrected chi connectivity index (χ3v) is 3.75. The Morgan fingerprint density at radius 3 is 2.50 bits per heavy atom. The van der Waals surface area contributed by atoms with Gasteiger partial charge in [-0.15, -0.1) is 6.42 Å². The Morgan fingerprint density at radius 2 is 1.91 bits per heavy atom. The van der Waals surface area contributed by atoms with Gasteiger partial charge in [0.2, 0.25) is 0 Å². The zero-order valence-corrected chi connectivity index (χ0v) is 16.2. The van der Waals surface area contributed by atoms with Crippen molar-refractivity contribution in [2.75, 3.05) is 14.1 Å². The van der Waals surface area contributed by atoms with Gasteiger partial charge >= 0.3 is 0 Å². The molecule has 1 aromatic carbocycles. The molecule has 1 aliphatic heterocycles. The van der Waals surface area contributed by atoms with Gasteiger partial charge in [0, 0.05) is 65.2 Å². The number of piperidine rings is 1. The first kappa shape index (κ1) is 22.0. The van der Waals surface area contributed by atoms with E-state index in [9.17, 15) is 0 Å². The fraction of sp³-hybridized carbons (Fsp3) is 0.500. The van der Waals surface area contributed by atoms with E-state index in [1.165, 1.54) is 5.71 Å². The van der Waals surface area contributed by atoms with Gasteiger partial charge in [-0.2, -0.15) is 0 Å². The minimum absolute atomic E-state index is 0. The maximum Gasteiger partial charge on any atom is 0.0718 e. The molecule has 1 aliphatic rings. The van der Waals surface area contributed by atoms with Gasteiger partial charge in [0.05, 0.1) is 5.69 Å². The zero-order chi connectivity index (χ0) is 15.8. The number of nitrogens with zero attached hydrogens (tertiary/aromatic N) is 3. The monoisotopic (exact) mass is 460 g/mol. The Balaban J connectivity index is 0.00000141. The minimum Gasteiger partial charge on any atom is -0.456 e. The number of likely N-dealkylation sites (tertiary alicyclic amines) is 1. The average molecular weight is 459 g/mol. The van der Waals surface area contributed by atoms with Crippen molar-refractivity contribution in [3.63, 3.8) is 0 Å². The number of hydrogen-bond donors (Lipinski definition) is 0. The molecule has 130 valence electrons. The zero-order valence-electron chi connectivity index (χ0n) is 14.5. The number of benzene rings is 1. The standard InChI is InChI=1S/C16H22N3.C2H6.Yb/c1-12-11-14(9-10-19(12)4)18-16-8-6-5-7-15(16)13(2)17-3;1-2;/h5-8,10,12H,9,11H2,1-4H3;1-2H3;/q-1;;. The van der Waals surface area contributed by atoms with E-state index in [0.29, 0.717) is 6.04 Å². The maximum absolute atomic E-state index is 4.85. The molecule has 22 heavy (non-hydrogen) atoms. The van der Waals surface area contributed by atoms with E-state index < -0.39 is 0 Å². The summed E-state index contributed by atoms with van der Waals surface area (Å²) in [5, 5.41) is 0. The van der Waals surface area contributed by atoms with Crippen LogP contribution in [0.15, 0.2) is 34.3 Å². The Labute approximate surface area is 174 Å². The molecule has 1 saturated heterocycles. The van der Waals surface area contributed by atoms with E-state index in [4.69, 9.17) is 4.99 Å². The predicted molar refractivity (Wildman–Crippen MR) is 93.8 cm³/mol. The molecule has 1 atom stereocenters. The van der Waals surface area contributed by atoms with Crippen LogP contribution in [0.4, 0.5) is 5.69 Å². The van der Waals surface area contributed by atoms with Crippen molar-refractivity contribution in [3.8, 4) is 0 Å². The molecule has 3 nitrogen and oxygen atoms in total. The number of hydrogen-bond acceptors (Lipinski definition) is 3. The largest absolute Gasteiger partial charge is 0.456 e.